The van der Waals surface area contributed by atoms with Crippen LogP contribution >= 0.6 is 22.9 Å². The summed E-state index contributed by atoms with van der Waals surface area (Å²) in [6.07, 6.45) is 2.22. The lowest BCUT2D eigenvalue weighted by molar-refractivity contribution is -0.114. The Morgan fingerprint density at radius 1 is 1.20 bits per heavy atom. The zero-order valence-corrected chi connectivity index (χ0v) is 22.2. The van der Waals surface area contributed by atoms with Gasteiger partial charge in [0, 0.05) is 30.2 Å². The first-order valence-corrected chi connectivity index (χ1v) is 14.1. The molecule has 2 amide bonds. The van der Waals surface area contributed by atoms with Crippen LogP contribution in [0.25, 0.3) is 0 Å². The van der Waals surface area contributed by atoms with Crippen LogP contribution in [-0.2, 0) is 38.9 Å². The molecule has 35 heavy (non-hydrogen) atoms. The molecule has 0 radical (unpaired) electrons. The van der Waals surface area contributed by atoms with Crippen LogP contribution in [0, 0.1) is 0 Å². The fourth-order valence-electron chi connectivity index (χ4n) is 3.94. The molecule has 3 heterocycles. The summed E-state index contributed by atoms with van der Waals surface area (Å²) in [6, 6.07) is 9.22. The lowest BCUT2D eigenvalue weighted by Gasteiger charge is -2.32. The molecule has 0 fully saturated rings. The van der Waals surface area contributed by atoms with Crippen LogP contribution in [0.15, 0.2) is 42.1 Å². The molecule has 0 unspecified atom stereocenters. The second kappa shape index (κ2) is 9.83. The van der Waals surface area contributed by atoms with Gasteiger partial charge >= 0.3 is 6.09 Å². The lowest BCUT2D eigenvalue weighted by Crippen LogP contribution is -2.40. The van der Waals surface area contributed by atoms with E-state index in [1.54, 1.807) is 23.1 Å². The maximum atomic E-state index is 13.0. The molecule has 1 aromatic carbocycles. The van der Waals surface area contributed by atoms with Crippen molar-refractivity contribution in [3.8, 4) is 0 Å². The van der Waals surface area contributed by atoms with E-state index in [9.17, 15) is 18.0 Å². The largest absolute Gasteiger partial charge is 0.444 e. The number of aryl methyl sites for hydroxylation is 1. The molecule has 2 aliphatic heterocycles. The standard InChI is InChI=1S/C24H28ClN3O5S2/c1-24(2,3)33-23(30)27-11-8-16-4-5-18(14-17(16)15-27)28-12-9-20(22(28)29)26-35(31,32)13-10-19-6-7-21(25)34-19/h4-7,9,14,26H,8,10-13,15H2,1-3H3. The fraction of sp³-hybridized carbons (Fsp3) is 0.417. The van der Waals surface area contributed by atoms with Crippen molar-refractivity contribution < 1.29 is 22.7 Å². The molecular weight excluding hydrogens is 510 g/mol. The number of sulfonamides is 1. The molecule has 188 valence electrons. The third-order valence-corrected chi connectivity index (χ3v) is 8.19. The summed E-state index contributed by atoms with van der Waals surface area (Å²) in [4.78, 5) is 29.5. The Balaban J connectivity index is 1.40. The first-order valence-electron chi connectivity index (χ1n) is 11.3. The van der Waals surface area contributed by atoms with E-state index in [1.165, 1.54) is 16.2 Å². The van der Waals surface area contributed by atoms with Crippen LogP contribution in [0.4, 0.5) is 10.5 Å². The van der Waals surface area contributed by atoms with Gasteiger partial charge in [0.05, 0.1) is 10.1 Å². The Kier molecular flexibility index (Phi) is 7.17. The average Bonchev–Trinajstić information content (AvgIpc) is 3.35. The van der Waals surface area contributed by atoms with Gasteiger partial charge in [-0.3, -0.25) is 9.52 Å². The molecule has 0 atom stereocenters. The number of ether oxygens (including phenoxy) is 1. The summed E-state index contributed by atoms with van der Waals surface area (Å²) >= 11 is 7.24. The van der Waals surface area contributed by atoms with E-state index in [0.29, 0.717) is 36.0 Å². The van der Waals surface area contributed by atoms with Crippen LogP contribution < -0.4 is 9.62 Å². The zero-order chi connectivity index (χ0) is 25.4. The van der Waals surface area contributed by atoms with Crippen LogP contribution in [-0.4, -0.2) is 49.8 Å². The number of nitrogens with zero attached hydrogens (tertiary/aromatic N) is 2. The minimum Gasteiger partial charge on any atom is -0.444 e. The van der Waals surface area contributed by atoms with Crippen molar-refractivity contribution in [1.82, 2.24) is 9.62 Å². The van der Waals surface area contributed by atoms with Gasteiger partial charge in [-0.15, -0.1) is 11.3 Å². The van der Waals surface area contributed by atoms with E-state index < -0.39 is 21.5 Å². The number of carbonyl (C=O) groups excluding carboxylic acids is 2. The van der Waals surface area contributed by atoms with E-state index in [0.717, 1.165) is 16.0 Å². The summed E-state index contributed by atoms with van der Waals surface area (Å²) in [5.74, 6) is -0.555. The minimum atomic E-state index is -3.70. The zero-order valence-electron chi connectivity index (χ0n) is 19.8. The van der Waals surface area contributed by atoms with Crippen LogP contribution in [0.2, 0.25) is 4.34 Å². The molecule has 2 aromatic rings. The molecule has 0 spiro atoms. The Bertz CT molecular complexity index is 1280. The fourth-order valence-corrected chi connectivity index (χ4v) is 6.25. The summed E-state index contributed by atoms with van der Waals surface area (Å²) in [5, 5.41) is 0. The number of hydrogen-bond donors (Lipinski definition) is 1. The number of nitrogens with one attached hydrogen (secondary N) is 1. The number of amides is 2. The molecule has 0 saturated heterocycles. The van der Waals surface area contributed by atoms with Crippen LogP contribution in [0.3, 0.4) is 0 Å². The first kappa shape index (κ1) is 25.5. The van der Waals surface area contributed by atoms with Gasteiger partial charge in [0.1, 0.15) is 11.3 Å². The quantitative estimate of drug-likeness (QED) is 0.599. The van der Waals surface area contributed by atoms with E-state index in [1.807, 2.05) is 39.0 Å². The number of rotatable bonds is 6. The van der Waals surface area contributed by atoms with E-state index in [2.05, 4.69) is 4.72 Å². The molecule has 1 aromatic heterocycles. The summed E-state index contributed by atoms with van der Waals surface area (Å²) in [6.45, 7) is 6.70. The smallest absolute Gasteiger partial charge is 0.410 e. The molecule has 0 saturated carbocycles. The summed E-state index contributed by atoms with van der Waals surface area (Å²) in [5.41, 5.74) is 2.17. The monoisotopic (exact) mass is 537 g/mol. The van der Waals surface area contributed by atoms with Crippen molar-refractivity contribution in [2.24, 2.45) is 0 Å². The number of thiophene rings is 1. The highest BCUT2D eigenvalue weighted by molar-refractivity contribution is 7.89. The van der Waals surface area contributed by atoms with Crippen LogP contribution in [0.1, 0.15) is 36.8 Å². The molecule has 1 N–H and O–H groups in total. The second-order valence-corrected chi connectivity index (χ2v) is 13.2. The highest BCUT2D eigenvalue weighted by Gasteiger charge is 2.30. The molecule has 11 heteroatoms. The SMILES string of the molecule is CC(C)(C)OC(=O)N1CCc2ccc(N3CC=C(NS(=O)(=O)CCc4ccc(Cl)s4)C3=O)cc2C1. The number of halogens is 1. The number of anilines is 1. The predicted octanol–water partition coefficient (Wildman–Crippen LogP) is 4.09. The Labute approximate surface area is 214 Å². The van der Waals surface area contributed by atoms with E-state index in [-0.39, 0.29) is 24.1 Å². The number of carbonyl (C=O) groups is 2. The third kappa shape index (κ3) is 6.36. The third-order valence-electron chi connectivity index (χ3n) is 5.63. The molecule has 2 aliphatic rings. The van der Waals surface area contributed by atoms with Crippen LogP contribution in [0.5, 0.6) is 0 Å². The molecule has 8 nitrogen and oxygen atoms in total. The lowest BCUT2D eigenvalue weighted by atomic mass is 9.99. The number of fused-ring (bicyclic) bond motifs is 1. The maximum absolute atomic E-state index is 13.0. The normalized spacial score (nSPS) is 16.2. The summed E-state index contributed by atoms with van der Waals surface area (Å²) < 4.78 is 33.6. The van der Waals surface area contributed by atoms with Gasteiger partial charge in [-0.2, -0.15) is 0 Å². The Hall–Kier alpha value is -2.56. The molecule has 0 aliphatic carbocycles. The minimum absolute atomic E-state index is 0.0438. The van der Waals surface area contributed by atoms with Gasteiger partial charge in [0.2, 0.25) is 10.0 Å². The topological polar surface area (TPSA) is 96.0 Å². The van der Waals surface area contributed by atoms with Gasteiger partial charge < -0.3 is 14.5 Å². The Morgan fingerprint density at radius 2 is 1.97 bits per heavy atom. The second-order valence-electron chi connectivity index (χ2n) is 9.52. The van der Waals surface area contributed by atoms with Gasteiger partial charge in [-0.1, -0.05) is 17.7 Å². The maximum Gasteiger partial charge on any atom is 0.410 e. The predicted molar refractivity (Wildman–Crippen MR) is 137 cm³/mol. The van der Waals surface area contributed by atoms with Gasteiger partial charge in [0.15, 0.2) is 0 Å². The van der Waals surface area contributed by atoms with E-state index in [4.69, 9.17) is 16.3 Å². The van der Waals surface area contributed by atoms with Crippen molar-refractivity contribution in [1.29, 1.82) is 0 Å². The molecule has 0 bridgehead atoms. The first-order chi connectivity index (χ1) is 16.4. The van der Waals surface area contributed by atoms with Crippen molar-refractivity contribution in [2.75, 3.05) is 23.7 Å². The molecular formula is C24H28ClN3O5S2. The number of benzene rings is 1. The van der Waals surface area contributed by atoms with Crippen molar-refractivity contribution in [3.05, 3.63) is 62.4 Å². The van der Waals surface area contributed by atoms with Crippen molar-refractivity contribution >= 4 is 50.6 Å². The highest BCUT2D eigenvalue weighted by Crippen LogP contribution is 2.28. The summed E-state index contributed by atoms with van der Waals surface area (Å²) in [7, 11) is -3.70. The van der Waals surface area contributed by atoms with E-state index >= 15 is 0 Å². The number of hydrogen-bond acceptors (Lipinski definition) is 6. The average molecular weight is 538 g/mol. The van der Waals surface area contributed by atoms with Gasteiger partial charge in [-0.25, -0.2) is 13.2 Å². The van der Waals surface area contributed by atoms with Gasteiger partial charge in [-0.05, 0) is 75.1 Å². The highest BCUT2D eigenvalue weighted by atomic mass is 35.5. The molecule has 4 rings (SSSR count). The van der Waals surface area contributed by atoms with Crippen molar-refractivity contribution in [3.63, 3.8) is 0 Å². The van der Waals surface area contributed by atoms with Gasteiger partial charge in [0.25, 0.3) is 5.91 Å². The Morgan fingerprint density at radius 3 is 2.66 bits per heavy atom. The van der Waals surface area contributed by atoms with Crippen molar-refractivity contribution in [2.45, 2.75) is 45.8 Å².